The maximum atomic E-state index is 13.4. The monoisotopic (exact) mass is 428 g/mol. The maximum Gasteiger partial charge on any atom is 0.283 e. The molecule has 1 unspecified atom stereocenters. The molecular formula is C26H36O5. The van der Waals surface area contributed by atoms with E-state index in [0.29, 0.717) is 30.8 Å². The van der Waals surface area contributed by atoms with Crippen molar-refractivity contribution in [3.8, 4) is 0 Å². The van der Waals surface area contributed by atoms with Crippen LogP contribution >= 0.6 is 0 Å². The summed E-state index contributed by atoms with van der Waals surface area (Å²) in [4.78, 5) is 25.4. The lowest BCUT2D eigenvalue weighted by Crippen LogP contribution is -2.66. The van der Waals surface area contributed by atoms with Crippen LogP contribution in [0.3, 0.4) is 0 Å². The SMILES string of the molecule is CCOC1(CC)OCC(=O)[C@]2(CC[C@H]3[C@@H]4CCC5=CC(=O)C=C[C@]5(C)[C@H]4CC[C@@]32C)O1. The molecule has 7 atom stereocenters. The largest absolute Gasteiger partial charge is 0.328 e. The van der Waals surface area contributed by atoms with Crippen LogP contribution in [-0.4, -0.2) is 36.4 Å². The van der Waals surface area contributed by atoms with Crippen molar-refractivity contribution in [1.82, 2.24) is 0 Å². The number of carbonyl (C=O) groups is 2. The third-order valence-corrected chi connectivity index (χ3v) is 9.68. The van der Waals surface area contributed by atoms with E-state index in [1.54, 1.807) is 6.08 Å². The summed E-state index contributed by atoms with van der Waals surface area (Å²) in [6.07, 6.45) is 12.2. The van der Waals surface area contributed by atoms with Crippen LogP contribution in [0.1, 0.15) is 72.6 Å². The second kappa shape index (κ2) is 7.10. The third-order valence-electron chi connectivity index (χ3n) is 9.68. The number of allylic oxidation sites excluding steroid dienone is 4. The first-order valence-corrected chi connectivity index (χ1v) is 12.2. The van der Waals surface area contributed by atoms with E-state index >= 15 is 0 Å². The predicted molar refractivity (Wildman–Crippen MR) is 116 cm³/mol. The number of hydrogen-bond donors (Lipinski definition) is 0. The van der Waals surface area contributed by atoms with Gasteiger partial charge in [-0.3, -0.25) is 9.59 Å². The molecule has 1 heterocycles. The zero-order valence-corrected chi connectivity index (χ0v) is 19.4. The van der Waals surface area contributed by atoms with Crippen molar-refractivity contribution in [2.45, 2.75) is 84.2 Å². The number of fused-ring (bicyclic) bond motifs is 6. The number of rotatable bonds is 3. The average Bonchev–Trinajstić information content (AvgIpc) is 3.04. The highest BCUT2D eigenvalue weighted by Crippen LogP contribution is 2.68. The zero-order chi connectivity index (χ0) is 22.1. The fourth-order valence-electron chi connectivity index (χ4n) is 8.03. The van der Waals surface area contributed by atoms with Crippen LogP contribution in [0.15, 0.2) is 23.8 Å². The average molecular weight is 429 g/mol. The van der Waals surface area contributed by atoms with E-state index in [9.17, 15) is 9.59 Å². The lowest BCUT2D eigenvalue weighted by Gasteiger charge is -2.60. The van der Waals surface area contributed by atoms with Crippen molar-refractivity contribution >= 4 is 11.6 Å². The molecule has 5 nitrogen and oxygen atoms in total. The van der Waals surface area contributed by atoms with Crippen LogP contribution in [0, 0.1) is 28.6 Å². The molecule has 0 aromatic heterocycles. The van der Waals surface area contributed by atoms with Gasteiger partial charge in [0, 0.05) is 23.9 Å². The Hall–Kier alpha value is -1.30. The van der Waals surface area contributed by atoms with E-state index in [1.807, 2.05) is 19.9 Å². The Morgan fingerprint density at radius 1 is 1.10 bits per heavy atom. The molecule has 0 amide bonds. The predicted octanol–water partition coefficient (Wildman–Crippen LogP) is 4.75. The van der Waals surface area contributed by atoms with Gasteiger partial charge in [-0.25, -0.2) is 0 Å². The molecule has 31 heavy (non-hydrogen) atoms. The van der Waals surface area contributed by atoms with Crippen molar-refractivity contribution < 1.29 is 23.8 Å². The van der Waals surface area contributed by atoms with Gasteiger partial charge < -0.3 is 14.2 Å². The number of Topliss-reactive ketones (excluding diaryl/α,β-unsaturated/α-hetero) is 1. The molecule has 0 aromatic rings. The van der Waals surface area contributed by atoms with E-state index in [0.717, 1.165) is 38.5 Å². The van der Waals surface area contributed by atoms with Gasteiger partial charge in [0.25, 0.3) is 5.97 Å². The van der Waals surface area contributed by atoms with Crippen molar-refractivity contribution in [2.75, 3.05) is 13.2 Å². The van der Waals surface area contributed by atoms with Crippen molar-refractivity contribution in [1.29, 1.82) is 0 Å². The number of hydrogen-bond acceptors (Lipinski definition) is 5. The van der Waals surface area contributed by atoms with Gasteiger partial charge in [0.05, 0.1) is 0 Å². The first kappa shape index (κ1) is 21.5. The molecule has 4 fully saturated rings. The third kappa shape index (κ3) is 2.79. The number of carbonyl (C=O) groups excluding carboxylic acids is 2. The van der Waals surface area contributed by atoms with E-state index in [2.05, 4.69) is 19.9 Å². The van der Waals surface area contributed by atoms with Gasteiger partial charge in [-0.15, -0.1) is 0 Å². The molecule has 1 aliphatic heterocycles. The smallest absolute Gasteiger partial charge is 0.283 e. The van der Waals surface area contributed by atoms with Crippen LogP contribution in [0.25, 0.3) is 0 Å². The van der Waals surface area contributed by atoms with Crippen molar-refractivity contribution in [3.05, 3.63) is 23.8 Å². The summed E-state index contributed by atoms with van der Waals surface area (Å²) < 4.78 is 18.4. The minimum Gasteiger partial charge on any atom is -0.328 e. The van der Waals surface area contributed by atoms with Crippen LogP contribution in [0.2, 0.25) is 0 Å². The Kier molecular flexibility index (Phi) is 4.93. The van der Waals surface area contributed by atoms with E-state index in [-0.39, 0.29) is 29.0 Å². The minimum atomic E-state index is -1.11. The molecule has 5 aliphatic rings. The van der Waals surface area contributed by atoms with Gasteiger partial charge in [-0.1, -0.05) is 32.4 Å². The highest BCUT2D eigenvalue weighted by Gasteiger charge is 2.70. The van der Waals surface area contributed by atoms with Gasteiger partial charge in [-0.05, 0) is 75.4 Å². The van der Waals surface area contributed by atoms with Gasteiger partial charge in [0.15, 0.2) is 11.6 Å². The summed E-state index contributed by atoms with van der Waals surface area (Å²) in [5.41, 5.74) is 0.240. The van der Waals surface area contributed by atoms with Gasteiger partial charge in [-0.2, -0.15) is 0 Å². The Balaban J connectivity index is 1.49. The van der Waals surface area contributed by atoms with E-state index in [1.165, 1.54) is 5.57 Å². The summed E-state index contributed by atoms with van der Waals surface area (Å²) in [5, 5.41) is 0. The highest BCUT2D eigenvalue weighted by atomic mass is 16.9. The Morgan fingerprint density at radius 2 is 1.87 bits per heavy atom. The Labute approximate surface area is 185 Å². The molecular weight excluding hydrogens is 392 g/mol. The van der Waals surface area contributed by atoms with E-state index < -0.39 is 11.6 Å². The van der Waals surface area contributed by atoms with Crippen LogP contribution in [0.5, 0.6) is 0 Å². The molecule has 1 saturated heterocycles. The van der Waals surface area contributed by atoms with Gasteiger partial charge >= 0.3 is 0 Å². The molecule has 5 heteroatoms. The van der Waals surface area contributed by atoms with Crippen LogP contribution in [-0.2, 0) is 23.8 Å². The molecule has 0 radical (unpaired) electrons. The lowest BCUT2D eigenvalue weighted by molar-refractivity contribution is -0.429. The second-order valence-electron chi connectivity index (χ2n) is 10.7. The maximum absolute atomic E-state index is 13.4. The van der Waals surface area contributed by atoms with Crippen molar-refractivity contribution in [2.24, 2.45) is 28.6 Å². The van der Waals surface area contributed by atoms with Crippen molar-refractivity contribution in [3.63, 3.8) is 0 Å². The molecule has 0 aromatic carbocycles. The molecule has 4 aliphatic carbocycles. The van der Waals surface area contributed by atoms with Crippen LogP contribution < -0.4 is 0 Å². The fraction of sp³-hybridized carbons (Fsp3) is 0.769. The van der Waals surface area contributed by atoms with Gasteiger partial charge in [0.2, 0.25) is 0 Å². The number of ether oxygens (including phenoxy) is 3. The normalized spacial score (nSPS) is 48.9. The molecule has 0 N–H and O–H groups in total. The Bertz CT molecular complexity index is 860. The summed E-state index contributed by atoms with van der Waals surface area (Å²) in [5.74, 6) is 0.598. The molecule has 3 saturated carbocycles. The molecule has 1 spiro atoms. The number of ketones is 2. The van der Waals surface area contributed by atoms with Crippen LogP contribution in [0.4, 0.5) is 0 Å². The molecule has 170 valence electrons. The molecule has 0 bridgehead atoms. The summed E-state index contributed by atoms with van der Waals surface area (Å²) in [6.45, 7) is 9.11. The minimum absolute atomic E-state index is 0.0348. The zero-order valence-electron chi connectivity index (χ0n) is 19.4. The topological polar surface area (TPSA) is 61.8 Å². The van der Waals surface area contributed by atoms with E-state index in [4.69, 9.17) is 14.2 Å². The fourth-order valence-corrected chi connectivity index (χ4v) is 8.03. The standard InChI is InChI=1S/C26H36O5/c1-5-26(29-6-2)30-16-22(28)25(31-26)14-11-21-19-8-7-17-15-18(27)9-12-23(17,3)20(19)10-13-24(21,25)4/h9,12,15,19-21H,5-8,10-11,13-14,16H2,1-4H3/t19-,20+,21+,23+,24+,25+,26?/m1/s1. The summed E-state index contributed by atoms with van der Waals surface area (Å²) in [7, 11) is 0. The first-order chi connectivity index (χ1) is 14.7. The summed E-state index contributed by atoms with van der Waals surface area (Å²) in [6, 6.07) is 0. The summed E-state index contributed by atoms with van der Waals surface area (Å²) >= 11 is 0. The highest BCUT2D eigenvalue weighted by molar-refractivity contribution is 6.01. The lowest BCUT2D eigenvalue weighted by atomic mass is 9.47. The second-order valence-corrected chi connectivity index (χ2v) is 10.7. The first-order valence-electron chi connectivity index (χ1n) is 12.2. The molecule has 5 rings (SSSR count). The Morgan fingerprint density at radius 3 is 2.61 bits per heavy atom. The quantitative estimate of drug-likeness (QED) is 0.649. The van der Waals surface area contributed by atoms with Gasteiger partial charge in [0.1, 0.15) is 12.2 Å².